The van der Waals surface area contributed by atoms with Gasteiger partial charge in [0.15, 0.2) is 0 Å². The number of rotatable bonds is 2. The summed E-state index contributed by atoms with van der Waals surface area (Å²) >= 11 is 0. The van der Waals surface area contributed by atoms with Gasteiger partial charge >= 0.3 is 6.16 Å². The first kappa shape index (κ1) is 8.37. The largest absolute Gasteiger partial charge is 0.550 e. The fourth-order valence-corrected chi connectivity index (χ4v) is 1.54. The Balaban J connectivity index is 2.09. The molecule has 0 aromatic heterocycles. The molecular formula is C8H13O3. The lowest BCUT2D eigenvalue weighted by Crippen LogP contribution is -2.14. The van der Waals surface area contributed by atoms with Crippen molar-refractivity contribution in [2.45, 2.75) is 32.1 Å². The van der Waals surface area contributed by atoms with Crippen molar-refractivity contribution in [3.8, 4) is 0 Å². The maximum atomic E-state index is 9.91. The molecular weight excluding hydrogens is 144 g/mol. The van der Waals surface area contributed by atoms with E-state index in [0.29, 0.717) is 12.5 Å². The van der Waals surface area contributed by atoms with Crippen molar-refractivity contribution in [3.05, 3.63) is 0 Å². The van der Waals surface area contributed by atoms with Crippen LogP contribution in [0.1, 0.15) is 32.1 Å². The second-order valence-corrected chi connectivity index (χ2v) is 3.07. The number of carbonyl (C=O) groups is 1. The Morgan fingerprint density at radius 2 is 1.91 bits per heavy atom. The molecule has 1 fully saturated rings. The number of hydrogen-bond donors (Lipinski definition) is 0. The standard InChI is InChI=1S/C8H13O3/c9-8(10)11-6-7-4-2-1-3-5-7/h7H,1-6H2. The third kappa shape index (κ3) is 3.25. The van der Waals surface area contributed by atoms with Crippen LogP contribution in [0.15, 0.2) is 0 Å². The van der Waals surface area contributed by atoms with Gasteiger partial charge in [0, 0.05) is 0 Å². The molecule has 63 valence electrons. The van der Waals surface area contributed by atoms with Gasteiger partial charge in [0.25, 0.3) is 0 Å². The minimum absolute atomic E-state index is 0.336. The molecule has 0 amide bonds. The maximum absolute atomic E-state index is 9.91. The number of hydrogen-bond acceptors (Lipinski definition) is 2. The molecule has 1 aliphatic rings. The van der Waals surface area contributed by atoms with Gasteiger partial charge in [-0.2, -0.15) is 9.90 Å². The summed E-state index contributed by atoms with van der Waals surface area (Å²) in [5.41, 5.74) is 0. The van der Waals surface area contributed by atoms with Crippen LogP contribution in [0, 0.1) is 5.92 Å². The van der Waals surface area contributed by atoms with E-state index in [-0.39, 0.29) is 0 Å². The van der Waals surface area contributed by atoms with Crippen molar-refractivity contribution in [2.24, 2.45) is 5.92 Å². The van der Waals surface area contributed by atoms with Crippen LogP contribution in [0.4, 0.5) is 4.79 Å². The van der Waals surface area contributed by atoms with Crippen molar-refractivity contribution in [3.63, 3.8) is 0 Å². The van der Waals surface area contributed by atoms with Gasteiger partial charge in [0.2, 0.25) is 0 Å². The van der Waals surface area contributed by atoms with Crippen LogP contribution in [0.25, 0.3) is 0 Å². The second kappa shape index (κ2) is 4.21. The van der Waals surface area contributed by atoms with Crippen LogP contribution in [0.2, 0.25) is 0 Å². The summed E-state index contributed by atoms with van der Waals surface area (Å²) in [6.07, 6.45) is 4.51. The van der Waals surface area contributed by atoms with Crippen LogP contribution in [0.5, 0.6) is 0 Å². The van der Waals surface area contributed by atoms with Crippen molar-refractivity contribution in [1.82, 2.24) is 0 Å². The first-order valence-corrected chi connectivity index (χ1v) is 4.13. The molecule has 0 aromatic rings. The quantitative estimate of drug-likeness (QED) is 0.576. The normalized spacial score (nSPS) is 19.6. The van der Waals surface area contributed by atoms with E-state index in [1.165, 1.54) is 19.3 Å². The van der Waals surface area contributed by atoms with E-state index in [9.17, 15) is 9.90 Å². The van der Waals surface area contributed by atoms with Crippen molar-refractivity contribution in [1.29, 1.82) is 0 Å². The molecule has 0 aliphatic heterocycles. The van der Waals surface area contributed by atoms with Crippen molar-refractivity contribution < 1.29 is 14.6 Å². The van der Waals surface area contributed by atoms with E-state index in [1.807, 2.05) is 0 Å². The van der Waals surface area contributed by atoms with Crippen molar-refractivity contribution in [2.75, 3.05) is 6.61 Å². The smallest absolute Gasteiger partial charge is 0.431 e. The lowest BCUT2D eigenvalue weighted by Gasteiger charge is -2.19. The monoisotopic (exact) mass is 157 g/mol. The van der Waals surface area contributed by atoms with Gasteiger partial charge in [-0.05, 0) is 18.8 Å². The van der Waals surface area contributed by atoms with Crippen molar-refractivity contribution >= 4 is 6.16 Å². The lowest BCUT2D eigenvalue weighted by molar-refractivity contribution is 0.0498. The zero-order chi connectivity index (χ0) is 8.10. The van der Waals surface area contributed by atoms with E-state index >= 15 is 0 Å². The summed E-state index contributed by atoms with van der Waals surface area (Å²) in [5, 5.41) is 9.91. The zero-order valence-electron chi connectivity index (χ0n) is 6.54. The molecule has 0 heterocycles. The third-order valence-electron chi connectivity index (χ3n) is 2.16. The predicted octanol–water partition coefficient (Wildman–Crippen LogP) is 2.13. The molecule has 0 aromatic carbocycles. The van der Waals surface area contributed by atoms with Gasteiger partial charge < -0.3 is 4.74 Å². The first-order chi connectivity index (χ1) is 5.29. The highest BCUT2D eigenvalue weighted by Crippen LogP contribution is 2.23. The summed E-state index contributed by atoms with van der Waals surface area (Å²) in [5.74, 6) is 0.446. The lowest BCUT2D eigenvalue weighted by atomic mass is 9.90. The summed E-state index contributed by atoms with van der Waals surface area (Å²) < 4.78 is 4.39. The summed E-state index contributed by atoms with van der Waals surface area (Å²) in [6.45, 7) is 0.336. The highest BCUT2D eigenvalue weighted by molar-refractivity contribution is 5.56. The first-order valence-electron chi connectivity index (χ1n) is 4.13. The minimum Gasteiger partial charge on any atom is -0.431 e. The second-order valence-electron chi connectivity index (χ2n) is 3.07. The van der Waals surface area contributed by atoms with Gasteiger partial charge in [-0.3, -0.25) is 0 Å². The number of carbonyl (C=O) groups excluding carboxylic acids is 1. The van der Waals surface area contributed by atoms with E-state index in [4.69, 9.17) is 0 Å². The zero-order valence-corrected chi connectivity index (χ0v) is 6.54. The Bertz CT molecular complexity index is 127. The van der Waals surface area contributed by atoms with E-state index in [1.54, 1.807) is 0 Å². The van der Waals surface area contributed by atoms with Gasteiger partial charge in [-0.1, -0.05) is 19.3 Å². The van der Waals surface area contributed by atoms with Gasteiger partial charge in [-0.25, -0.2) is 0 Å². The van der Waals surface area contributed by atoms with Crippen LogP contribution < -0.4 is 0 Å². The van der Waals surface area contributed by atoms with Crippen LogP contribution in [0.3, 0.4) is 0 Å². The maximum Gasteiger partial charge on any atom is 0.550 e. The van der Waals surface area contributed by atoms with E-state index in [0.717, 1.165) is 12.8 Å². The Labute approximate surface area is 66.4 Å². The third-order valence-corrected chi connectivity index (χ3v) is 2.16. The molecule has 11 heavy (non-hydrogen) atoms. The molecule has 0 N–H and O–H groups in total. The predicted molar refractivity (Wildman–Crippen MR) is 38.6 cm³/mol. The molecule has 1 aliphatic carbocycles. The van der Waals surface area contributed by atoms with Gasteiger partial charge in [0.05, 0.1) is 6.61 Å². The Morgan fingerprint density at radius 1 is 1.27 bits per heavy atom. The topological polar surface area (TPSA) is 46.2 Å². The molecule has 3 heteroatoms. The molecule has 0 atom stereocenters. The average molecular weight is 157 g/mol. The minimum atomic E-state index is -1.39. The molecule has 0 bridgehead atoms. The molecule has 1 saturated carbocycles. The number of ether oxygens (including phenoxy) is 1. The molecule has 0 spiro atoms. The van der Waals surface area contributed by atoms with Crippen LogP contribution >= 0.6 is 0 Å². The van der Waals surface area contributed by atoms with Gasteiger partial charge in [0.1, 0.15) is 0 Å². The van der Waals surface area contributed by atoms with Crippen LogP contribution in [-0.4, -0.2) is 12.8 Å². The Kier molecular flexibility index (Phi) is 3.20. The average Bonchev–Trinajstić information content (AvgIpc) is 2.03. The molecule has 1 rings (SSSR count). The fraction of sp³-hybridized carbons (Fsp3) is 0.875. The summed E-state index contributed by atoms with van der Waals surface area (Å²) in [6, 6.07) is 0. The molecule has 0 saturated heterocycles. The highest BCUT2D eigenvalue weighted by Gasteiger charge is 2.15. The molecule has 0 unspecified atom stereocenters. The SMILES string of the molecule is [O]C(=O)OCC1CCCCC1. The summed E-state index contributed by atoms with van der Waals surface area (Å²) in [4.78, 5) is 9.91. The fourth-order valence-electron chi connectivity index (χ4n) is 1.54. The summed E-state index contributed by atoms with van der Waals surface area (Å²) in [7, 11) is 0. The molecule has 3 nitrogen and oxygen atoms in total. The van der Waals surface area contributed by atoms with E-state index in [2.05, 4.69) is 4.74 Å². The van der Waals surface area contributed by atoms with E-state index < -0.39 is 6.16 Å². The molecule has 1 radical (unpaired) electrons. The highest BCUT2D eigenvalue weighted by atomic mass is 16.7. The van der Waals surface area contributed by atoms with Crippen LogP contribution in [-0.2, 0) is 9.84 Å². The Hall–Kier alpha value is -0.730. The Morgan fingerprint density at radius 3 is 2.45 bits per heavy atom. The van der Waals surface area contributed by atoms with Gasteiger partial charge in [-0.15, -0.1) is 0 Å².